The molecule has 126 valence electrons. The standard InChI is InChI=1S/C23H20BNO/c1-18-12-14-20(15-13-18)24(26-17-21-9-4-5-16-25-21)23-11-6-8-19-7-2-3-10-22(19)23/h2-16H,17H2,1H3. The Morgan fingerprint density at radius 2 is 1.58 bits per heavy atom. The topological polar surface area (TPSA) is 22.1 Å². The fraction of sp³-hybridized carbons (Fsp3) is 0.0870. The molecule has 3 heteroatoms. The lowest BCUT2D eigenvalue weighted by molar-refractivity contribution is 0.316. The van der Waals surface area contributed by atoms with Crippen molar-refractivity contribution >= 4 is 28.6 Å². The third kappa shape index (κ3) is 3.53. The maximum atomic E-state index is 6.39. The molecule has 0 atom stereocenters. The fourth-order valence-corrected chi connectivity index (χ4v) is 3.24. The second kappa shape index (κ2) is 7.55. The molecule has 0 aliphatic rings. The highest BCUT2D eigenvalue weighted by molar-refractivity contribution is 6.81. The summed E-state index contributed by atoms with van der Waals surface area (Å²) in [5.41, 5.74) is 4.52. The van der Waals surface area contributed by atoms with E-state index in [1.807, 2.05) is 18.2 Å². The Morgan fingerprint density at radius 3 is 2.38 bits per heavy atom. The number of benzene rings is 3. The van der Waals surface area contributed by atoms with Gasteiger partial charge in [0.1, 0.15) is 0 Å². The molecule has 0 aliphatic carbocycles. The lowest BCUT2D eigenvalue weighted by atomic mass is 9.54. The summed E-state index contributed by atoms with van der Waals surface area (Å²) in [6.07, 6.45) is 1.80. The Kier molecular flexibility index (Phi) is 4.81. The summed E-state index contributed by atoms with van der Waals surface area (Å²) >= 11 is 0. The first-order valence-corrected chi connectivity index (χ1v) is 8.87. The molecule has 0 saturated heterocycles. The van der Waals surface area contributed by atoms with Crippen molar-refractivity contribution in [3.05, 3.63) is 102 Å². The van der Waals surface area contributed by atoms with Crippen LogP contribution in [0.4, 0.5) is 0 Å². The quantitative estimate of drug-likeness (QED) is 0.516. The maximum absolute atomic E-state index is 6.39. The molecule has 0 radical (unpaired) electrons. The van der Waals surface area contributed by atoms with Crippen molar-refractivity contribution in [2.24, 2.45) is 0 Å². The highest BCUT2D eigenvalue weighted by atomic mass is 16.4. The van der Waals surface area contributed by atoms with Gasteiger partial charge in [0, 0.05) is 6.20 Å². The smallest absolute Gasteiger partial charge is 0.362 e. The molecule has 0 bridgehead atoms. The molecule has 1 aromatic heterocycles. The van der Waals surface area contributed by atoms with Gasteiger partial charge in [0.05, 0.1) is 12.3 Å². The highest BCUT2D eigenvalue weighted by Crippen LogP contribution is 2.13. The zero-order chi connectivity index (χ0) is 17.8. The zero-order valence-electron chi connectivity index (χ0n) is 14.8. The van der Waals surface area contributed by atoms with E-state index < -0.39 is 0 Å². The molecule has 4 aromatic rings. The number of rotatable bonds is 5. The van der Waals surface area contributed by atoms with Crippen LogP contribution in [0, 0.1) is 6.92 Å². The van der Waals surface area contributed by atoms with Crippen LogP contribution >= 0.6 is 0 Å². The largest absolute Gasteiger partial charge is 0.421 e. The Labute approximate surface area is 154 Å². The molecule has 2 nitrogen and oxygen atoms in total. The predicted molar refractivity (Wildman–Crippen MR) is 109 cm³/mol. The molecule has 0 N–H and O–H groups in total. The summed E-state index contributed by atoms with van der Waals surface area (Å²) in [4.78, 5) is 4.39. The number of hydrogen-bond donors (Lipinski definition) is 0. The lowest BCUT2D eigenvalue weighted by Crippen LogP contribution is -2.45. The summed E-state index contributed by atoms with van der Waals surface area (Å²) < 4.78 is 6.39. The van der Waals surface area contributed by atoms with Gasteiger partial charge in [0.2, 0.25) is 0 Å². The molecule has 26 heavy (non-hydrogen) atoms. The molecule has 0 amide bonds. The third-order valence-corrected chi connectivity index (χ3v) is 4.61. The van der Waals surface area contributed by atoms with E-state index in [0.717, 1.165) is 11.2 Å². The van der Waals surface area contributed by atoms with Gasteiger partial charge in [-0.25, -0.2) is 0 Å². The van der Waals surface area contributed by atoms with Crippen LogP contribution < -0.4 is 10.9 Å². The van der Waals surface area contributed by atoms with Crippen LogP contribution in [0.5, 0.6) is 0 Å². The Hall–Kier alpha value is -2.91. The van der Waals surface area contributed by atoms with Crippen molar-refractivity contribution in [2.45, 2.75) is 13.5 Å². The first-order chi connectivity index (χ1) is 12.8. The van der Waals surface area contributed by atoms with Gasteiger partial charge in [0.25, 0.3) is 0 Å². The minimum Gasteiger partial charge on any atom is -0.421 e. The van der Waals surface area contributed by atoms with Crippen LogP contribution in [0.25, 0.3) is 10.8 Å². The molecule has 0 saturated carbocycles. The summed E-state index contributed by atoms with van der Waals surface area (Å²) in [6.45, 7) is 2.44. The van der Waals surface area contributed by atoms with E-state index in [-0.39, 0.29) is 6.92 Å². The fourth-order valence-electron chi connectivity index (χ4n) is 3.24. The van der Waals surface area contributed by atoms with Crippen LogP contribution in [-0.2, 0) is 11.3 Å². The van der Waals surface area contributed by atoms with Crippen LogP contribution in [0.2, 0.25) is 0 Å². The van der Waals surface area contributed by atoms with Crippen molar-refractivity contribution in [3.63, 3.8) is 0 Å². The van der Waals surface area contributed by atoms with E-state index in [2.05, 4.69) is 78.6 Å². The first-order valence-electron chi connectivity index (χ1n) is 8.87. The summed E-state index contributed by atoms with van der Waals surface area (Å²) in [5, 5.41) is 2.45. The molecule has 0 aliphatic heterocycles. The zero-order valence-corrected chi connectivity index (χ0v) is 14.8. The second-order valence-corrected chi connectivity index (χ2v) is 6.49. The van der Waals surface area contributed by atoms with Gasteiger partial charge >= 0.3 is 6.92 Å². The van der Waals surface area contributed by atoms with E-state index in [0.29, 0.717) is 6.61 Å². The summed E-state index contributed by atoms with van der Waals surface area (Å²) in [5.74, 6) is 0. The molecule has 1 heterocycles. The second-order valence-electron chi connectivity index (χ2n) is 6.49. The van der Waals surface area contributed by atoms with Gasteiger partial charge in [-0.1, -0.05) is 78.4 Å². The van der Waals surface area contributed by atoms with Crippen molar-refractivity contribution in [1.29, 1.82) is 0 Å². The number of pyridine rings is 1. The normalized spacial score (nSPS) is 10.8. The lowest BCUT2D eigenvalue weighted by Gasteiger charge is -2.17. The van der Waals surface area contributed by atoms with Gasteiger partial charge in [-0.3, -0.25) is 4.98 Å². The van der Waals surface area contributed by atoms with Crippen LogP contribution in [0.3, 0.4) is 0 Å². The molecule has 4 rings (SSSR count). The first kappa shape index (κ1) is 16.6. The maximum Gasteiger partial charge on any atom is 0.362 e. The third-order valence-electron chi connectivity index (χ3n) is 4.61. The van der Waals surface area contributed by atoms with Gasteiger partial charge in [-0.05, 0) is 40.8 Å². The molecule has 0 spiro atoms. The number of aromatic nitrogens is 1. The monoisotopic (exact) mass is 337 g/mol. The van der Waals surface area contributed by atoms with Gasteiger partial charge in [-0.15, -0.1) is 0 Å². The average Bonchev–Trinajstić information content (AvgIpc) is 2.70. The Bertz CT molecular complexity index is 994. The van der Waals surface area contributed by atoms with E-state index in [4.69, 9.17) is 4.65 Å². The van der Waals surface area contributed by atoms with Crippen LogP contribution in [0.15, 0.2) is 91.1 Å². The molecule has 3 aromatic carbocycles. The molecule has 0 fully saturated rings. The molecular weight excluding hydrogens is 317 g/mol. The van der Waals surface area contributed by atoms with Crippen LogP contribution in [-0.4, -0.2) is 11.9 Å². The van der Waals surface area contributed by atoms with Crippen molar-refractivity contribution in [1.82, 2.24) is 4.98 Å². The number of nitrogens with zero attached hydrogens (tertiary/aromatic N) is 1. The average molecular weight is 337 g/mol. The number of fused-ring (bicyclic) bond motifs is 1. The molecular formula is C23H20BNO. The summed E-state index contributed by atoms with van der Waals surface area (Å²) in [7, 11) is 0. The highest BCUT2D eigenvalue weighted by Gasteiger charge is 2.23. The number of aryl methyl sites for hydroxylation is 1. The van der Waals surface area contributed by atoms with E-state index in [9.17, 15) is 0 Å². The minimum atomic E-state index is -0.135. The van der Waals surface area contributed by atoms with Crippen LogP contribution in [0.1, 0.15) is 11.3 Å². The van der Waals surface area contributed by atoms with Gasteiger partial charge in [0.15, 0.2) is 0 Å². The molecule has 0 unspecified atom stereocenters. The van der Waals surface area contributed by atoms with Crippen molar-refractivity contribution in [3.8, 4) is 0 Å². The summed E-state index contributed by atoms with van der Waals surface area (Å²) in [6, 6.07) is 29.3. The Morgan fingerprint density at radius 1 is 0.808 bits per heavy atom. The minimum absolute atomic E-state index is 0.135. The van der Waals surface area contributed by atoms with Gasteiger partial charge in [-0.2, -0.15) is 0 Å². The van der Waals surface area contributed by atoms with Crippen molar-refractivity contribution in [2.75, 3.05) is 0 Å². The predicted octanol–water partition coefficient (Wildman–Crippen LogP) is 3.87. The van der Waals surface area contributed by atoms with Gasteiger partial charge < -0.3 is 4.65 Å². The van der Waals surface area contributed by atoms with Crippen molar-refractivity contribution < 1.29 is 4.65 Å². The Balaban J connectivity index is 1.75. The SMILES string of the molecule is Cc1ccc(B(OCc2ccccn2)c2cccc3ccccc23)cc1. The van der Waals surface area contributed by atoms with E-state index in [1.54, 1.807) is 6.20 Å². The van der Waals surface area contributed by atoms with E-state index >= 15 is 0 Å². The van der Waals surface area contributed by atoms with E-state index in [1.165, 1.54) is 21.8 Å². The number of hydrogen-bond acceptors (Lipinski definition) is 2.